The van der Waals surface area contributed by atoms with E-state index in [0.29, 0.717) is 13.0 Å². The van der Waals surface area contributed by atoms with Crippen LogP contribution in [-0.2, 0) is 4.79 Å². The molecule has 1 aliphatic rings. The van der Waals surface area contributed by atoms with Gasteiger partial charge in [-0.3, -0.25) is 4.79 Å². The van der Waals surface area contributed by atoms with Crippen LogP contribution < -0.4 is 10.1 Å². The molecule has 0 aliphatic carbocycles. The fourth-order valence-electron chi connectivity index (χ4n) is 2.77. The molecule has 4 heteroatoms. The Kier molecular flexibility index (Phi) is 6.05. The number of ether oxygens (including phenoxy) is 1. The minimum atomic E-state index is 0.188. The van der Waals surface area contributed by atoms with Crippen molar-refractivity contribution in [2.24, 2.45) is 0 Å². The molecule has 1 atom stereocenters. The number of nitrogens with zero attached hydrogens (tertiary/aromatic N) is 1. The lowest BCUT2D eigenvalue weighted by molar-refractivity contribution is -0.133. The molecule has 0 bridgehead atoms. The van der Waals surface area contributed by atoms with E-state index in [1.54, 1.807) is 0 Å². The smallest absolute Gasteiger partial charge is 0.222 e. The van der Waals surface area contributed by atoms with Crippen molar-refractivity contribution in [3.63, 3.8) is 0 Å². The van der Waals surface area contributed by atoms with Gasteiger partial charge in [0.2, 0.25) is 5.91 Å². The first kappa shape index (κ1) is 15.8. The first-order valence-electron chi connectivity index (χ1n) is 7.98. The zero-order chi connectivity index (χ0) is 15.1. The number of likely N-dealkylation sites (tertiary alicyclic amines) is 1. The molecule has 1 aliphatic heterocycles. The summed E-state index contributed by atoms with van der Waals surface area (Å²) in [5.74, 6) is 1.18. The van der Waals surface area contributed by atoms with Gasteiger partial charge >= 0.3 is 0 Å². The summed E-state index contributed by atoms with van der Waals surface area (Å²) in [6.07, 6.45) is 2.85. The van der Waals surface area contributed by atoms with Crippen LogP contribution in [0.4, 0.5) is 0 Å². The van der Waals surface area contributed by atoms with Gasteiger partial charge in [0.15, 0.2) is 0 Å². The lowest BCUT2D eigenvalue weighted by Gasteiger charge is -2.31. The van der Waals surface area contributed by atoms with Crippen molar-refractivity contribution in [2.45, 2.75) is 39.2 Å². The monoisotopic (exact) mass is 290 g/mol. The molecule has 21 heavy (non-hydrogen) atoms. The first-order chi connectivity index (χ1) is 10.2. The van der Waals surface area contributed by atoms with E-state index < -0.39 is 0 Å². The average molecular weight is 290 g/mol. The van der Waals surface area contributed by atoms with Gasteiger partial charge in [-0.2, -0.15) is 0 Å². The van der Waals surface area contributed by atoms with Crippen LogP contribution in [0.5, 0.6) is 5.75 Å². The van der Waals surface area contributed by atoms with Crippen LogP contribution in [0.15, 0.2) is 24.3 Å². The predicted octanol–water partition coefficient (Wildman–Crippen LogP) is 2.75. The number of piperidine rings is 1. The number of amides is 1. The molecule has 1 unspecified atom stereocenters. The molecule has 0 spiro atoms. The van der Waals surface area contributed by atoms with Gasteiger partial charge in [-0.1, -0.05) is 19.1 Å². The molecule has 0 radical (unpaired) electrons. The van der Waals surface area contributed by atoms with Crippen molar-refractivity contribution >= 4 is 5.91 Å². The maximum atomic E-state index is 12.0. The predicted molar refractivity (Wildman–Crippen MR) is 84.5 cm³/mol. The number of likely N-dealkylation sites (N-methyl/N-ethyl adjacent to an activating group) is 1. The zero-order valence-electron chi connectivity index (χ0n) is 13.1. The Morgan fingerprint density at radius 3 is 2.62 bits per heavy atom. The first-order valence-corrected chi connectivity index (χ1v) is 7.98. The summed E-state index contributed by atoms with van der Waals surface area (Å²) in [6, 6.07) is 8.37. The van der Waals surface area contributed by atoms with Gasteiger partial charge < -0.3 is 15.0 Å². The summed E-state index contributed by atoms with van der Waals surface area (Å²) in [5, 5.41) is 3.48. The minimum Gasteiger partial charge on any atom is -0.494 e. The quantitative estimate of drug-likeness (QED) is 0.839. The van der Waals surface area contributed by atoms with Crippen LogP contribution in [0.3, 0.4) is 0 Å². The van der Waals surface area contributed by atoms with Gasteiger partial charge in [-0.05, 0) is 44.0 Å². The number of hydrogen-bond acceptors (Lipinski definition) is 3. The molecule has 2 rings (SSSR count). The Balaban J connectivity index is 2.04. The van der Waals surface area contributed by atoms with E-state index in [4.69, 9.17) is 4.74 Å². The maximum Gasteiger partial charge on any atom is 0.222 e. The Bertz CT molecular complexity index is 445. The molecule has 1 N–H and O–H groups in total. The van der Waals surface area contributed by atoms with Gasteiger partial charge in [-0.25, -0.2) is 0 Å². The third kappa shape index (κ3) is 4.46. The molecule has 1 aromatic carbocycles. The standard InChI is InChI=1S/C17H26N2O2/c1-3-18-16(13-19-12-6-5-7-17(19)20)14-8-10-15(11-9-14)21-4-2/h8-11,16,18H,3-7,12-13H2,1-2H3. The molecule has 4 nitrogen and oxygen atoms in total. The molecular formula is C17H26N2O2. The van der Waals surface area contributed by atoms with Crippen molar-refractivity contribution in [1.29, 1.82) is 0 Å². The van der Waals surface area contributed by atoms with Crippen LogP contribution in [-0.4, -0.2) is 37.0 Å². The highest BCUT2D eigenvalue weighted by Crippen LogP contribution is 2.21. The maximum absolute atomic E-state index is 12.0. The van der Waals surface area contributed by atoms with E-state index in [1.165, 1.54) is 5.56 Å². The molecule has 0 saturated carbocycles. The molecule has 116 valence electrons. The van der Waals surface area contributed by atoms with Crippen molar-refractivity contribution in [1.82, 2.24) is 10.2 Å². The molecule has 1 saturated heterocycles. The van der Waals surface area contributed by atoms with E-state index >= 15 is 0 Å². The number of hydrogen-bond donors (Lipinski definition) is 1. The molecule has 0 aromatic heterocycles. The Labute approximate surface area is 127 Å². The van der Waals surface area contributed by atoms with Crippen molar-refractivity contribution < 1.29 is 9.53 Å². The fraction of sp³-hybridized carbons (Fsp3) is 0.588. The summed E-state index contributed by atoms with van der Waals surface area (Å²) < 4.78 is 5.48. The van der Waals surface area contributed by atoms with Gasteiger partial charge in [-0.15, -0.1) is 0 Å². The van der Waals surface area contributed by atoms with E-state index in [9.17, 15) is 4.79 Å². The number of rotatable bonds is 7. The normalized spacial score (nSPS) is 16.9. The van der Waals surface area contributed by atoms with E-state index in [1.807, 2.05) is 24.0 Å². The molecule has 1 heterocycles. The average Bonchev–Trinajstić information content (AvgIpc) is 2.50. The SMILES string of the molecule is CCNC(CN1CCCCC1=O)c1ccc(OCC)cc1. The largest absolute Gasteiger partial charge is 0.494 e. The van der Waals surface area contributed by atoms with Gasteiger partial charge in [0.05, 0.1) is 6.61 Å². The van der Waals surface area contributed by atoms with Crippen LogP contribution in [0.2, 0.25) is 0 Å². The third-order valence-electron chi connectivity index (χ3n) is 3.87. The van der Waals surface area contributed by atoms with Gasteiger partial charge in [0, 0.05) is 25.6 Å². The van der Waals surface area contributed by atoms with Crippen LogP contribution in [0.25, 0.3) is 0 Å². The van der Waals surface area contributed by atoms with E-state index in [2.05, 4.69) is 24.4 Å². The molecule has 1 aromatic rings. The summed E-state index contributed by atoms with van der Waals surface area (Å²) in [6.45, 7) is 7.29. The molecular weight excluding hydrogens is 264 g/mol. The second kappa shape index (κ2) is 8.03. The zero-order valence-corrected chi connectivity index (χ0v) is 13.1. The Morgan fingerprint density at radius 1 is 1.24 bits per heavy atom. The number of carbonyl (C=O) groups excluding carboxylic acids is 1. The van der Waals surface area contributed by atoms with Crippen LogP contribution in [0, 0.1) is 0 Å². The lowest BCUT2D eigenvalue weighted by Crippen LogP contribution is -2.41. The van der Waals surface area contributed by atoms with Crippen LogP contribution >= 0.6 is 0 Å². The van der Waals surface area contributed by atoms with Crippen LogP contribution in [0.1, 0.15) is 44.7 Å². The summed E-state index contributed by atoms with van der Waals surface area (Å²) in [5.41, 5.74) is 1.21. The Hall–Kier alpha value is -1.55. The van der Waals surface area contributed by atoms with Crippen molar-refractivity contribution in [3.8, 4) is 5.75 Å². The highest BCUT2D eigenvalue weighted by atomic mass is 16.5. The Morgan fingerprint density at radius 2 is 2.00 bits per heavy atom. The highest BCUT2D eigenvalue weighted by Gasteiger charge is 2.22. The summed E-state index contributed by atoms with van der Waals surface area (Å²) in [4.78, 5) is 14.0. The fourth-order valence-corrected chi connectivity index (χ4v) is 2.77. The van der Waals surface area contributed by atoms with Gasteiger partial charge in [0.1, 0.15) is 5.75 Å². The molecule has 1 amide bonds. The second-order valence-corrected chi connectivity index (χ2v) is 5.41. The van der Waals surface area contributed by atoms with E-state index in [0.717, 1.165) is 38.2 Å². The number of benzene rings is 1. The highest BCUT2D eigenvalue weighted by molar-refractivity contribution is 5.76. The third-order valence-corrected chi connectivity index (χ3v) is 3.87. The minimum absolute atomic E-state index is 0.188. The topological polar surface area (TPSA) is 41.6 Å². The molecule has 1 fully saturated rings. The number of nitrogens with one attached hydrogen (secondary N) is 1. The van der Waals surface area contributed by atoms with E-state index in [-0.39, 0.29) is 11.9 Å². The second-order valence-electron chi connectivity index (χ2n) is 5.41. The van der Waals surface area contributed by atoms with Crippen molar-refractivity contribution in [2.75, 3.05) is 26.2 Å². The van der Waals surface area contributed by atoms with Crippen molar-refractivity contribution in [3.05, 3.63) is 29.8 Å². The summed E-state index contributed by atoms with van der Waals surface area (Å²) in [7, 11) is 0. The van der Waals surface area contributed by atoms with Gasteiger partial charge in [0.25, 0.3) is 0 Å². The lowest BCUT2D eigenvalue weighted by atomic mass is 10.0. The number of carbonyl (C=O) groups is 1. The summed E-state index contributed by atoms with van der Waals surface area (Å²) >= 11 is 0.